The lowest BCUT2D eigenvalue weighted by Gasteiger charge is -2.26. The van der Waals surface area contributed by atoms with Crippen LogP contribution in [0.25, 0.3) is 0 Å². The van der Waals surface area contributed by atoms with Crippen LogP contribution in [0.5, 0.6) is 5.75 Å². The number of nitrogens with zero attached hydrogens (tertiary/aromatic N) is 2. The first kappa shape index (κ1) is 16.1. The van der Waals surface area contributed by atoms with E-state index < -0.39 is 12.7 Å². The molecule has 108 valence electrons. The second kappa shape index (κ2) is 6.98. The quantitative estimate of drug-likeness (QED) is 0.739. The fourth-order valence-electron chi connectivity index (χ4n) is 1.54. The van der Waals surface area contributed by atoms with E-state index in [-0.39, 0.29) is 18.5 Å². The van der Waals surface area contributed by atoms with Crippen LogP contribution < -0.4 is 9.64 Å². The molecular weight excluding hydrogens is 325 g/mol. The van der Waals surface area contributed by atoms with Gasteiger partial charge in [-0.05, 0) is 26.0 Å². The van der Waals surface area contributed by atoms with Gasteiger partial charge in [-0.2, -0.15) is 13.2 Å². The third kappa shape index (κ3) is 5.67. The summed E-state index contributed by atoms with van der Waals surface area (Å²) in [6.45, 7) is 2.78. The van der Waals surface area contributed by atoms with Crippen molar-refractivity contribution in [2.75, 3.05) is 23.3 Å². The molecule has 1 aromatic rings. The van der Waals surface area contributed by atoms with Crippen molar-refractivity contribution in [2.24, 2.45) is 0 Å². The highest BCUT2D eigenvalue weighted by molar-refractivity contribution is 9.09. The van der Waals surface area contributed by atoms with Gasteiger partial charge in [-0.25, -0.2) is 4.98 Å². The topological polar surface area (TPSA) is 25.4 Å². The van der Waals surface area contributed by atoms with Gasteiger partial charge in [0.1, 0.15) is 6.54 Å². The second-order valence-electron chi connectivity index (χ2n) is 4.22. The fourth-order valence-corrected chi connectivity index (χ4v) is 1.97. The summed E-state index contributed by atoms with van der Waals surface area (Å²) in [5.41, 5.74) is 0. The van der Waals surface area contributed by atoms with Gasteiger partial charge in [0.2, 0.25) is 0 Å². The molecule has 0 atom stereocenters. The van der Waals surface area contributed by atoms with E-state index in [0.717, 1.165) is 4.90 Å². The van der Waals surface area contributed by atoms with Crippen molar-refractivity contribution in [3.8, 4) is 5.75 Å². The largest absolute Gasteiger partial charge is 0.487 e. The standard InChI is InChI=1S/C12H16BrF3N2O/c1-9(2)19-10-4-3-6-17-11(10)18(7-5-13)8-12(14,15)16/h3-4,6,9H,5,7-8H2,1-2H3. The Balaban J connectivity index is 3.00. The molecular formula is C12H16BrF3N2O. The van der Waals surface area contributed by atoms with Gasteiger partial charge in [-0.1, -0.05) is 15.9 Å². The number of hydrogen-bond acceptors (Lipinski definition) is 3. The molecule has 0 aliphatic heterocycles. The van der Waals surface area contributed by atoms with Crippen molar-refractivity contribution < 1.29 is 17.9 Å². The molecule has 0 saturated carbocycles. The van der Waals surface area contributed by atoms with Gasteiger partial charge in [0, 0.05) is 18.1 Å². The summed E-state index contributed by atoms with van der Waals surface area (Å²) in [6.07, 6.45) is -2.95. The Morgan fingerprint density at radius 1 is 1.42 bits per heavy atom. The highest BCUT2D eigenvalue weighted by atomic mass is 79.9. The predicted molar refractivity (Wildman–Crippen MR) is 72.1 cm³/mol. The number of anilines is 1. The number of halogens is 4. The zero-order valence-electron chi connectivity index (χ0n) is 10.7. The Bertz CT molecular complexity index is 399. The summed E-state index contributed by atoms with van der Waals surface area (Å²) in [7, 11) is 0. The van der Waals surface area contributed by atoms with E-state index in [1.54, 1.807) is 12.1 Å². The first-order valence-electron chi connectivity index (χ1n) is 5.83. The maximum Gasteiger partial charge on any atom is 0.405 e. The molecule has 1 heterocycles. The Kier molecular flexibility index (Phi) is 5.90. The second-order valence-corrected chi connectivity index (χ2v) is 5.01. The smallest absolute Gasteiger partial charge is 0.405 e. The molecule has 0 aliphatic carbocycles. The number of rotatable bonds is 6. The summed E-state index contributed by atoms with van der Waals surface area (Å²) in [4.78, 5) is 5.17. The van der Waals surface area contributed by atoms with Crippen LogP contribution in [-0.4, -0.2) is 35.7 Å². The first-order valence-corrected chi connectivity index (χ1v) is 6.95. The van der Waals surface area contributed by atoms with Gasteiger partial charge >= 0.3 is 6.18 Å². The van der Waals surface area contributed by atoms with E-state index in [2.05, 4.69) is 20.9 Å². The molecule has 0 N–H and O–H groups in total. The summed E-state index contributed by atoms with van der Waals surface area (Å²) in [5, 5.41) is 0.417. The van der Waals surface area contributed by atoms with E-state index >= 15 is 0 Å². The monoisotopic (exact) mass is 340 g/mol. The molecule has 0 radical (unpaired) electrons. The highest BCUT2D eigenvalue weighted by Crippen LogP contribution is 2.29. The zero-order valence-corrected chi connectivity index (χ0v) is 12.3. The lowest BCUT2D eigenvalue weighted by molar-refractivity contribution is -0.119. The van der Waals surface area contributed by atoms with Gasteiger partial charge in [0.25, 0.3) is 0 Å². The number of aromatic nitrogens is 1. The average molecular weight is 341 g/mol. The minimum absolute atomic E-state index is 0.125. The van der Waals surface area contributed by atoms with Gasteiger partial charge in [0.15, 0.2) is 11.6 Å². The third-order valence-corrected chi connectivity index (χ3v) is 2.49. The van der Waals surface area contributed by atoms with E-state index in [4.69, 9.17) is 4.74 Å². The minimum atomic E-state index is -4.28. The molecule has 0 unspecified atom stereocenters. The normalized spacial score (nSPS) is 11.7. The molecule has 0 amide bonds. The Hall–Kier alpha value is -0.980. The number of hydrogen-bond donors (Lipinski definition) is 0. The van der Waals surface area contributed by atoms with Crippen LogP contribution in [0, 0.1) is 0 Å². The predicted octanol–water partition coefficient (Wildman–Crippen LogP) is 3.63. The molecule has 1 rings (SSSR count). The fraction of sp³-hybridized carbons (Fsp3) is 0.583. The summed E-state index contributed by atoms with van der Waals surface area (Å²) in [5.74, 6) is 0.579. The summed E-state index contributed by atoms with van der Waals surface area (Å²) in [6, 6.07) is 3.26. The maximum absolute atomic E-state index is 12.6. The average Bonchev–Trinajstić information content (AvgIpc) is 2.26. The van der Waals surface area contributed by atoms with E-state index in [1.165, 1.54) is 6.20 Å². The van der Waals surface area contributed by atoms with Crippen LogP contribution in [0.15, 0.2) is 18.3 Å². The molecule has 0 saturated heterocycles. The third-order valence-electron chi connectivity index (χ3n) is 2.14. The van der Waals surface area contributed by atoms with Crippen molar-refractivity contribution in [3.63, 3.8) is 0 Å². The Morgan fingerprint density at radius 3 is 2.63 bits per heavy atom. The van der Waals surface area contributed by atoms with Crippen LogP contribution in [0.1, 0.15) is 13.8 Å². The van der Waals surface area contributed by atoms with E-state index in [1.807, 2.05) is 13.8 Å². The molecule has 0 aromatic carbocycles. The van der Waals surface area contributed by atoms with Crippen LogP contribution in [0.3, 0.4) is 0 Å². The molecule has 0 bridgehead atoms. The van der Waals surface area contributed by atoms with Crippen molar-refractivity contribution in [3.05, 3.63) is 18.3 Å². The van der Waals surface area contributed by atoms with Crippen molar-refractivity contribution in [2.45, 2.75) is 26.1 Å². The zero-order chi connectivity index (χ0) is 14.5. The lowest BCUT2D eigenvalue weighted by Crippen LogP contribution is -2.36. The van der Waals surface area contributed by atoms with Crippen LogP contribution in [0.4, 0.5) is 19.0 Å². The SMILES string of the molecule is CC(C)Oc1cccnc1N(CCBr)CC(F)(F)F. The molecule has 1 aromatic heterocycles. The van der Waals surface area contributed by atoms with E-state index in [0.29, 0.717) is 11.1 Å². The van der Waals surface area contributed by atoms with Crippen molar-refractivity contribution in [1.29, 1.82) is 0 Å². The lowest BCUT2D eigenvalue weighted by atomic mass is 10.3. The van der Waals surface area contributed by atoms with Crippen molar-refractivity contribution in [1.82, 2.24) is 4.98 Å². The van der Waals surface area contributed by atoms with Gasteiger partial charge < -0.3 is 9.64 Å². The molecule has 19 heavy (non-hydrogen) atoms. The number of alkyl halides is 4. The Morgan fingerprint density at radius 2 is 2.11 bits per heavy atom. The molecule has 7 heteroatoms. The van der Waals surface area contributed by atoms with Crippen molar-refractivity contribution >= 4 is 21.7 Å². The molecule has 0 fully saturated rings. The highest BCUT2D eigenvalue weighted by Gasteiger charge is 2.32. The molecule has 0 spiro atoms. The molecule has 0 aliphatic rings. The van der Waals surface area contributed by atoms with Gasteiger partial charge in [0.05, 0.1) is 6.10 Å². The van der Waals surface area contributed by atoms with Gasteiger partial charge in [-0.3, -0.25) is 0 Å². The maximum atomic E-state index is 12.6. The number of ether oxygens (including phenoxy) is 1. The minimum Gasteiger partial charge on any atom is -0.487 e. The summed E-state index contributed by atoms with van der Waals surface area (Å²) < 4.78 is 43.3. The Labute approximate surface area is 118 Å². The number of pyridine rings is 1. The first-order chi connectivity index (χ1) is 8.83. The van der Waals surface area contributed by atoms with Crippen LogP contribution >= 0.6 is 15.9 Å². The summed E-state index contributed by atoms with van der Waals surface area (Å²) >= 11 is 3.15. The van der Waals surface area contributed by atoms with Gasteiger partial charge in [-0.15, -0.1) is 0 Å². The van der Waals surface area contributed by atoms with Crippen LogP contribution in [-0.2, 0) is 0 Å². The van der Waals surface area contributed by atoms with E-state index in [9.17, 15) is 13.2 Å². The molecule has 3 nitrogen and oxygen atoms in total. The van der Waals surface area contributed by atoms with Crippen LogP contribution in [0.2, 0.25) is 0 Å².